The highest BCUT2D eigenvalue weighted by Gasteiger charge is 2.16. The van der Waals surface area contributed by atoms with Gasteiger partial charge in [0.2, 0.25) is 5.91 Å². The zero-order chi connectivity index (χ0) is 20.4. The molecule has 6 nitrogen and oxygen atoms in total. The normalized spacial score (nSPS) is 12.3. The monoisotopic (exact) mass is 407 g/mol. The van der Waals surface area contributed by atoms with Crippen LogP contribution >= 0.6 is 11.8 Å². The summed E-state index contributed by atoms with van der Waals surface area (Å²) in [5.74, 6) is 0.724. The highest BCUT2D eigenvalue weighted by atomic mass is 32.2. The van der Waals surface area contributed by atoms with E-state index in [1.807, 2.05) is 62.4 Å². The molecule has 0 fully saturated rings. The Labute approximate surface area is 171 Å². The Morgan fingerprint density at radius 3 is 2.76 bits per heavy atom. The first-order valence-electron chi connectivity index (χ1n) is 9.47. The smallest absolute Gasteiger partial charge is 0.262 e. The number of aromatic nitrogens is 2. The number of nitrogens with one attached hydrogen (secondary N) is 1. The van der Waals surface area contributed by atoms with Crippen molar-refractivity contribution in [2.75, 3.05) is 5.75 Å². The molecule has 2 heterocycles. The number of rotatable bonds is 6. The summed E-state index contributed by atoms with van der Waals surface area (Å²) < 4.78 is 7.41. The number of carbonyl (C=O) groups excluding carboxylic acids is 1. The van der Waals surface area contributed by atoms with Gasteiger partial charge in [0.15, 0.2) is 5.16 Å². The lowest BCUT2D eigenvalue weighted by Gasteiger charge is -2.13. The molecule has 2 aromatic carbocycles. The molecule has 4 rings (SSSR count). The van der Waals surface area contributed by atoms with E-state index in [2.05, 4.69) is 10.3 Å². The number of hydrogen-bond acceptors (Lipinski definition) is 5. The molecule has 0 aliphatic heterocycles. The van der Waals surface area contributed by atoms with Gasteiger partial charge in [-0.2, -0.15) is 0 Å². The molecule has 0 aliphatic rings. The molecule has 4 aromatic rings. The number of nitrogens with zero attached hydrogens (tertiary/aromatic N) is 2. The van der Waals surface area contributed by atoms with Crippen LogP contribution in [0.4, 0.5) is 0 Å². The Kier molecular flexibility index (Phi) is 5.40. The fraction of sp³-hybridized carbons (Fsp3) is 0.227. The maximum absolute atomic E-state index is 12.7. The van der Waals surface area contributed by atoms with Crippen LogP contribution in [0.3, 0.4) is 0 Å². The number of benzene rings is 2. The molecule has 0 unspecified atom stereocenters. The summed E-state index contributed by atoms with van der Waals surface area (Å²) in [5, 5.41) is 5.08. The molecular formula is C22H21N3O3S. The van der Waals surface area contributed by atoms with Crippen LogP contribution < -0.4 is 10.9 Å². The molecule has 0 saturated carbocycles. The van der Waals surface area contributed by atoms with Crippen molar-refractivity contribution in [3.8, 4) is 0 Å². The van der Waals surface area contributed by atoms with Gasteiger partial charge in [-0.05, 0) is 38.1 Å². The highest BCUT2D eigenvalue weighted by Crippen LogP contribution is 2.24. The number of fused-ring (bicyclic) bond motifs is 2. The van der Waals surface area contributed by atoms with E-state index >= 15 is 0 Å². The lowest BCUT2D eigenvalue weighted by molar-refractivity contribution is -0.119. The van der Waals surface area contributed by atoms with Crippen molar-refractivity contribution in [3.63, 3.8) is 0 Å². The predicted molar refractivity (Wildman–Crippen MR) is 115 cm³/mol. The largest absolute Gasteiger partial charge is 0.459 e. The Balaban J connectivity index is 1.47. The van der Waals surface area contributed by atoms with E-state index in [-0.39, 0.29) is 23.3 Å². The fourth-order valence-electron chi connectivity index (χ4n) is 3.24. The van der Waals surface area contributed by atoms with E-state index in [1.165, 1.54) is 11.8 Å². The molecule has 0 radical (unpaired) electrons. The fourth-order valence-corrected chi connectivity index (χ4v) is 4.11. The van der Waals surface area contributed by atoms with Crippen molar-refractivity contribution in [1.29, 1.82) is 0 Å². The lowest BCUT2D eigenvalue weighted by Crippen LogP contribution is -2.29. The minimum atomic E-state index is -0.256. The topological polar surface area (TPSA) is 77.1 Å². The Bertz CT molecular complexity index is 1210. The van der Waals surface area contributed by atoms with Crippen LogP contribution in [0, 0.1) is 0 Å². The molecule has 7 heteroatoms. The van der Waals surface area contributed by atoms with Crippen LogP contribution in [-0.2, 0) is 11.3 Å². The van der Waals surface area contributed by atoms with Gasteiger partial charge in [-0.1, -0.05) is 42.1 Å². The number of furan rings is 1. The summed E-state index contributed by atoms with van der Waals surface area (Å²) in [6.07, 6.45) is 0. The molecule has 0 spiro atoms. The SMILES string of the molecule is CCn1c(SCC(=O)N[C@@H](C)c2cc3ccccc3o2)nc2ccccc2c1=O. The molecular weight excluding hydrogens is 386 g/mol. The van der Waals surface area contributed by atoms with Crippen molar-refractivity contribution >= 4 is 39.5 Å². The standard InChI is InChI=1S/C22H21N3O3S/c1-3-25-21(27)16-9-5-6-10-17(16)24-22(25)29-13-20(26)23-14(2)19-12-15-8-4-7-11-18(15)28-19/h4-12,14H,3,13H2,1-2H3,(H,23,26)/t14-/m0/s1. The minimum absolute atomic E-state index is 0.0864. The molecule has 29 heavy (non-hydrogen) atoms. The average molecular weight is 407 g/mol. The van der Waals surface area contributed by atoms with Gasteiger partial charge in [-0.25, -0.2) is 4.98 Å². The van der Waals surface area contributed by atoms with E-state index in [1.54, 1.807) is 10.6 Å². The highest BCUT2D eigenvalue weighted by molar-refractivity contribution is 7.99. The zero-order valence-corrected chi connectivity index (χ0v) is 17.0. The number of amides is 1. The third-order valence-corrected chi connectivity index (χ3v) is 5.70. The van der Waals surface area contributed by atoms with E-state index < -0.39 is 0 Å². The Hall–Kier alpha value is -3.06. The number of hydrogen-bond donors (Lipinski definition) is 1. The van der Waals surface area contributed by atoms with Gasteiger partial charge in [-0.3, -0.25) is 14.2 Å². The first-order valence-corrected chi connectivity index (χ1v) is 10.5. The van der Waals surface area contributed by atoms with Gasteiger partial charge in [0, 0.05) is 11.9 Å². The third-order valence-electron chi connectivity index (χ3n) is 4.72. The third kappa shape index (κ3) is 3.91. The van der Waals surface area contributed by atoms with Crippen molar-refractivity contribution in [2.45, 2.75) is 31.6 Å². The summed E-state index contributed by atoms with van der Waals surface area (Å²) in [4.78, 5) is 29.7. The molecule has 0 aliphatic carbocycles. The van der Waals surface area contributed by atoms with Crippen molar-refractivity contribution < 1.29 is 9.21 Å². The second kappa shape index (κ2) is 8.13. The van der Waals surface area contributed by atoms with Crippen LogP contribution in [0.15, 0.2) is 69.0 Å². The van der Waals surface area contributed by atoms with Crippen molar-refractivity contribution in [3.05, 3.63) is 70.7 Å². The molecule has 148 valence electrons. The van der Waals surface area contributed by atoms with E-state index in [0.717, 1.165) is 11.0 Å². The summed E-state index contributed by atoms with van der Waals surface area (Å²) in [7, 11) is 0. The summed E-state index contributed by atoms with van der Waals surface area (Å²) >= 11 is 1.26. The first-order chi connectivity index (χ1) is 14.1. The van der Waals surface area contributed by atoms with Gasteiger partial charge < -0.3 is 9.73 Å². The quantitative estimate of drug-likeness (QED) is 0.384. The summed E-state index contributed by atoms with van der Waals surface area (Å²) in [5.41, 5.74) is 1.35. The first kappa shape index (κ1) is 19.3. The number of para-hydroxylation sites is 2. The van der Waals surface area contributed by atoms with Gasteiger partial charge >= 0.3 is 0 Å². The predicted octanol–water partition coefficient (Wildman–Crippen LogP) is 4.13. The van der Waals surface area contributed by atoms with Crippen LogP contribution in [0.5, 0.6) is 0 Å². The van der Waals surface area contributed by atoms with Gasteiger partial charge in [-0.15, -0.1) is 0 Å². The second-order valence-electron chi connectivity index (χ2n) is 6.73. The average Bonchev–Trinajstić information content (AvgIpc) is 3.17. The van der Waals surface area contributed by atoms with E-state index in [0.29, 0.717) is 28.4 Å². The van der Waals surface area contributed by atoms with Crippen LogP contribution in [0.1, 0.15) is 25.6 Å². The van der Waals surface area contributed by atoms with E-state index in [9.17, 15) is 9.59 Å². The molecule has 0 saturated heterocycles. The van der Waals surface area contributed by atoms with Crippen molar-refractivity contribution in [1.82, 2.24) is 14.9 Å². The number of carbonyl (C=O) groups is 1. The lowest BCUT2D eigenvalue weighted by atomic mass is 10.2. The van der Waals surface area contributed by atoms with Crippen LogP contribution in [-0.4, -0.2) is 21.2 Å². The minimum Gasteiger partial charge on any atom is -0.459 e. The Morgan fingerprint density at radius 2 is 1.97 bits per heavy atom. The van der Waals surface area contributed by atoms with E-state index in [4.69, 9.17) is 4.42 Å². The maximum atomic E-state index is 12.7. The molecule has 2 aromatic heterocycles. The zero-order valence-electron chi connectivity index (χ0n) is 16.2. The van der Waals surface area contributed by atoms with Crippen LogP contribution in [0.2, 0.25) is 0 Å². The summed E-state index contributed by atoms with van der Waals surface area (Å²) in [6.45, 7) is 4.28. The second-order valence-corrected chi connectivity index (χ2v) is 7.67. The maximum Gasteiger partial charge on any atom is 0.262 e. The number of thioether (sulfide) groups is 1. The molecule has 0 bridgehead atoms. The van der Waals surface area contributed by atoms with Gasteiger partial charge in [0.05, 0.1) is 22.7 Å². The van der Waals surface area contributed by atoms with Crippen molar-refractivity contribution in [2.24, 2.45) is 0 Å². The molecule has 1 N–H and O–H groups in total. The molecule has 1 atom stereocenters. The van der Waals surface area contributed by atoms with Gasteiger partial charge in [0.25, 0.3) is 5.56 Å². The van der Waals surface area contributed by atoms with Gasteiger partial charge in [0.1, 0.15) is 11.3 Å². The van der Waals surface area contributed by atoms with Crippen LogP contribution in [0.25, 0.3) is 21.9 Å². The summed E-state index contributed by atoms with van der Waals surface area (Å²) in [6, 6.07) is 16.7. The molecule has 1 amide bonds. The Morgan fingerprint density at radius 1 is 1.21 bits per heavy atom.